The number of aliphatic hydroxyl groups excluding tert-OH is 1. The lowest BCUT2D eigenvalue weighted by Crippen LogP contribution is -2.45. The Kier molecular flexibility index (Phi) is 3.08. The van der Waals surface area contributed by atoms with Crippen LogP contribution in [-0.2, 0) is 9.47 Å². The van der Waals surface area contributed by atoms with Crippen molar-refractivity contribution < 1.29 is 19.4 Å². The SMILES string of the molecule is CC1(C)OCCN1C(=O)OC(O)CC1CC1. The fourth-order valence-electron chi connectivity index (χ4n) is 1.91. The fourth-order valence-corrected chi connectivity index (χ4v) is 1.91. The highest BCUT2D eigenvalue weighted by Gasteiger charge is 2.38. The molecular weight excluding hydrogens is 210 g/mol. The van der Waals surface area contributed by atoms with Crippen LogP contribution in [0.25, 0.3) is 0 Å². The van der Waals surface area contributed by atoms with Crippen molar-refractivity contribution in [1.82, 2.24) is 4.90 Å². The number of ether oxygens (including phenoxy) is 2. The second-order valence-corrected chi connectivity index (χ2v) is 4.96. The van der Waals surface area contributed by atoms with Crippen molar-refractivity contribution in [2.75, 3.05) is 13.2 Å². The molecule has 0 aromatic heterocycles. The lowest BCUT2D eigenvalue weighted by molar-refractivity contribution is -0.0959. The Morgan fingerprint density at radius 1 is 1.62 bits per heavy atom. The van der Waals surface area contributed by atoms with E-state index in [0.717, 1.165) is 12.8 Å². The summed E-state index contributed by atoms with van der Waals surface area (Å²) >= 11 is 0. The number of carbonyl (C=O) groups excluding carboxylic acids is 1. The van der Waals surface area contributed by atoms with Crippen LogP contribution in [0.1, 0.15) is 33.1 Å². The van der Waals surface area contributed by atoms with Crippen LogP contribution in [-0.4, -0.2) is 41.3 Å². The Morgan fingerprint density at radius 2 is 2.31 bits per heavy atom. The monoisotopic (exact) mass is 229 g/mol. The first-order chi connectivity index (χ1) is 7.49. The third-order valence-electron chi connectivity index (χ3n) is 3.11. The quantitative estimate of drug-likeness (QED) is 0.741. The molecule has 0 bridgehead atoms. The van der Waals surface area contributed by atoms with Crippen molar-refractivity contribution in [2.45, 2.75) is 45.1 Å². The van der Waals surface area contributed by atoms with E-state index in [1.54, 1.807) is 0 Å². The maximum Gasteiger partial charge on any atom is 0.414 e. The molecule has 1 saturated heterocycles. The number of amides is 1. The second kappa shape index (κ2) is 4.22. The van der Waals surface area contributed by atoms with Crippen molar-refractivity contribution in [3.8, 4) is 0 Å². The molecule has 1 amide bonds. The highest BCUT2D eigenvalue weighted by molar-refractivity contribution is 5.68. The Hall–Kier alpha value is -0.810. The standard InChI is InChI=1S/C11H19NO4/c1-11(2)12(5-6-15-11)10(14)16-9(13)7-8-3-4-8/h8-9,13H,3-7H2,1-2H3. The van der Waals surface area contributed by atoms with Gasteiger partial charge >= 0.3 is 6.09 Å². The summed E-state index contributed by atoms with van der Waals surface area (Å²) in [6, 6.07) is 0. The number of hydrogen-bond acceptors (Lipinski definition) is 4. The molecule has 0 radical (unpaired) electrons. The van der Waals surface area contributed by atoms with Gasteiger partial charge in [-0.15, -0.1) is 0 Å². The van der Waals surface area contributed by atoms with Crippen LogP contribution in [0.5, 0.6) is 0 Å². The van der Waals surface area contributed by atoms with Gasteiger partial charge in [0.1, 0.15) is 5.72 Å². The minimum Gasteiger partial charge on any atom is -0.420 e. The third kappa shape index (κ3) is 2.65. The van der Waals surface area contributed by atoms with Crippen LogP contribution in [0.4, 0.5) is 4.79 Å². The molecule has 2 aliphatic rings. The minimum absolute atomic E-state index is 0.490. The van der Waals surface area contributed by atoms with Crippen molar-refractivity contribution in [3.05, 3.63) is 0 Å². The zero-order chi connectivity index (χ0) is 11.8. The van der Waals surface area contributed by atoms with Gasteiger partial charge in [0, 0.05) is 6.42 Å². The molecule has 1 saturated carbocycles. The van der Waals surface area contributed by atoms with Crippen LogP contribution in [0, 0.1) is 5.92 Å². The number of nitrogens with zero attached hydrogens (tertiary/aromatic N) is 1. The Balaban J connectivity index is 1.82. The highest BCUT2D eigenvalue weighted by Crippen LogP contribution is 2.34. The number of carbonyl (C=O) groups is 1. The molecular formula is C11H19NO4. The predicted octanol–water partition coefficient (Wildman–Crippen LogP) is 1.31. The van der Waals surface area contributed by atoms with Gasteiger partial charge in [-0.2, -0.15) is 0 Å². The second-order valence-electron chi connectivity index (χ2n) is 4.96. The summed E-state index contributed by atoms with van der Waals surface area (Å²) < 4.78 is 10.4. The Morgan fingerprint density at radius 3 is 2.81 bits per heavy atom. The molecule has 5 nitrogen and oxygen atoms in total. The summed E-state index contributed by atoms with van der Waals surface area (Å²) in [5, 5.41) is 9.55. The molecule has 5 heteroatoms. The van der Waals surface area contributed by atoms with E-state index in [0.29, 0.717) is 25.5 Å². The summed E-state index contributed by atoms with van der Waals surface area (Å²) in [5.41, 5.74) is -0.629. The topological polar surface area (TPSA) is 59.0 Å². The van der Waals surface area contributed by atoms with E-state index < -0.39 is 18.1 Å². The van der Waals surface area contributed by atoms with E-state index in [1.807, 2.05) is 13.8 Å². The lowest BCUT2D eigenvalue weighted by atomic mass is 10.3. The van der Waals surface area contributed by atoms with Gasteiger partial charge in [-0.3, -0.25) is 4.90 Å². The van der Waals surface area contributed by atoms with Crippen LogP contribution in [0.2, 0.25) is 0 Å². The molecule has 2 rings (SSSR count). The van der Waals surface area contributed by atoms with Crippen LogP contribution >= 0.6 is 0 Å². The number of aliphatic hydroxyl groups is 1. The van der Waals surface area contributed by atoms with Crippen molar-refractivity contribution in [2.24, 2.45) is 5.92 Å². The summed E-state index contributed by atoms with van der Waals surface area (Å²) in [7, 11) is 0. The zero-order valence-corrected chi connectivity index (χ0v) is 9.81. The van der Waals surface area contributed by atoms with Crippen LogP contribution < -0.4 is 0 Å². The van der Waals surface area contributed by atoms with Gasteiger partial charge in [-0.1, -0.05) is 0 Å². The normalized spacial score (nSPS) is 25.6. The minimum atomic E-state index is -0.976. The number of hydrogen-bond donors (Lipinski definition) is 1. The maximum absolute atomic E-state index is 11.7. The average Bonchev–Trinajstić information content (AvgIpc) is 2.88. The van der Waals surface area contributed by atoms with Crippen molar-refractivity contribution in [1.29, 1.82) is 0 Å². The average molecular weight is 229 g/mol. The highest BCUT2D eigenvalue weighted by atomic mass is 16.7. The van der Waals surface area contributed by atoms with E-state index in [1.165, 1.54) is 4.90 Å². The van der Waals surface area contributed by atoms with Crippen LogP contribution in [0.3, 0.4) is 0 Å². The molecule has 1 unspecified atom stereocenters. The summed E-state index contributed by atoms with van der Waals surface area (Å²) in [4.78, 5) is 13.2. The molecule has 1 heterocycles. The largest absolute Gasteiger partial charge is 0.420 e. The zero-order valence-electron chi connectivity index (χ0n) is 9.81. The van der Waals surface area contributed by atoms with Gasteiger partial charge in [0.05, 0.1) is 13.2 Å². The van der Waals surface area contributed by atoms with Gasteiger partial charge in [0.15, 0.2) is 0 Å². The Bertz CT molecular complexity index is 275. The van der Waals surface area contributed by atoms with E-state index in [-0.39, 0.29) is 0 Å². The smallest absolute Gasteiger partial charge is 0.414 e. The van der Waals surface area contributed by atoms with Crippen molar-refractivity contribution in [3.63, 3.8) is 0 Å². The molecule has 0 aromatic carbocycles. The summed E-state index contributed by atoms with van der Waals surface area (Å²) in [5.74, 6) is 0.533. The van der Waals surface area contributed by atoms with Gasteiger partial charge in [-0.25, -0.2) is 4.79 Å². The molecule has 16 heavy (non-hydrogen) atoms. The van der Waals surface area contributed by atoms with E-state index in [4.69, 9.17) is 9.47 Å². The van der Waals surface area contributed by atoms with E-state index >= 15 is 0 Å². The molecule has 92 valence electrons. The first kappa shape index (κ1) is 11.7. The summed E-state index contributed by atoms with van der Waals surface area (Å²) in [6.07, 6.45) is 1.35. The van der Waals surface area contributed by atoms with E-state index in [2.05, 4.69) is 0 Å². The third-order valence-corrected chi connectivity index (χ3v) is 3.11. The Labute approximate surface area is 95.3 Å². The molecule has 1 aliphatic carbocycles. The molecule has 0 aromatic rings. The molecule has 1 atom stereocenters. The molecule has 0 spiro atoms. The molecule has 2 fully saturated rings. The first-order valence-corrected chi connectivity index (χ1v) is 5.79. The van der Waals surface area contributed by atoms with Gasteiger partial charge in [-0.05, 0) is 32.6 Å². The number of rotatable bonds is 3. The molecule has 1 aliphatic heterocycles. The maximum atomic E-state index is 11.7. The predicted molar refractivity (Wildman–Crippen MR) is 56.6 cm³/mol. The van der Waals surface area contributed by atoms with E-state index in [9.17, 15) is 9.90 Å². The first-order valence-electron chi connectivity index (χ1n) is 5.79. The van der Waals surface area contributed by atoms with Crippen molar-refractivity contribution >= 4 is 6.09 Å². The van der Waals surface area contributed by atoms with Gasteiger partial charge in [0.2, 0.25) is 6.29 Å². The summed E-state index contributed by atoms with van der Waals surface area (Å²) in [6.45, 7) is 4.66. The van der Waals surface area contributed by atoms with Crippen LogP contribution in [0.15, 0.2) is 0 Å². The van der Waals surface area contributed by atoms with Gasteiger partial charge < -0.3 is 14.6 Å². The van der Waals surface area contributed by atoms with Gasteiger partial charge in [0.25, 0.3) is 0 Å². The molecule has 1 N–H and O–H groups in total. The fraction of sp³-hybridized carbons (Fsp3) is 0.909. The lowest BCUT2D eigenvalue weighted by Gasteiger charge is -2.29.